The predicted octanol–water partition coefficient (Wildman–Crippen LogP) is 7.69. The molecule has 70 heavy (non-hydrogen) atoms. The van der Waals surface area contributed by atoms with Crippen LogP contribution in [0.25, 0.3) is 0 Å². The lowest BCUT2D eigenvalue weighted by atomic mass is 9.78. The largest absolute Gasteiger partial charge is 0.460 e. The summed E-state index contributed by atoms with van der Waals surface area (Å²) in [6, 6.07) is -1.14. The Balaban J connectivity index is 1.71. The maximum atomic E-state index is 14.5. The number of esters is 1. The van der Waals surface area contributed by atoms with Crippen molar-refractivity contribution in [3.05, 3.63) is 47.6 Å². The molecule has 2 bridgehead atoms. The highest BCUT2D eigenvalue weighted by Crippen LogP contribution is 2.38. The lowest BCUT2D eigenvalue weighted by Crippen LogP contribution is -2.61. The van der Waals surface area contributed by atoms with Gasteiger partial charge >= 0.3 is 5.97 Å². The third-order valence-electron chi connectivity index (χ3n) is 15.1. The zero-order valence-electron chi connectivity index (χ0n) is 43.8. The minimum Gasteiger partial charge on any atom is -0.460 e. The first-order valence-electron chi connectivity index (χ1n) is 26.1. The predicted molar refractivity (Wildman–Crippen MR) is 272 cm³/mol. The number of Topliss-reactive ketones (excluding diaryl/α,β-unsaturated/α-hetero) is 3. The van der Waals surface area contributed by atoms with Crippen LogP contribution in [0.3, 0.4) is 0 Å². The van der Waals surface area contributed by atoms with Crippen molar-refractivity contribution in [3.8, 4) is 0 Å². The smallest absolute Gasteiger partial charge is 0.329 e. The molecular formula is C55H87NO13S. The molecule has 4 aliphatic rings. The van der Waals surface area contributed by atoms with E-state index in [9.17, 15) is 39.3 Å². The molecule has 15 atom stereocenters. The van der Waals surface area contributed by atoms with E-state index in [0.717, 1.165) is 29.9 Å². The minimum atomic E-state index is -2.44. The number of nitrogens with zero attached hydrogens (tertiary/aromatic N) is 1. The first kappa shape index (κ1) is 59.5. The minimum absolute atomic E-state index is 0.0147. The summed E-state index contributed by atoms with van der Waals surface area (Å²) < 4.78 is 30.2. The molecule has 0 aromatic carbocycles. The van der Waals surface area contributed by atoms with Gasteiger partial charge in [0.25, 0.3) is 11.7 Å². The van der Waals surface area contributed by atoms with Gasteiger partial charge < -0.3 is 43.9 Å². The number of cyclic esters (lactones) is 1. The number of amides is 1. The number of carbonyl (C=O) groups excluding carboxylic acids is 5. The molecule has 0 aromatic heterocycles. The summed E-state index contributed by atoms with van der Waals surface area (Å²) in [5, 5.41) is 34.1. The van der Waals surface area contributed by atoms with Crippen LogP contribution in [0.4, 0.5) is 0 Å². The van der Waals surface area contributed by atoms with E-state index >= 15 is 0 Å². The third kappa shape index (κ3) is 16.8. The topological polar surface area (TPSA) is 195 Å². The number of methoxy groups -OCH3 is 2. The summed E-state index contributed by atoms with van der Waals surface area (Å²) in [5.74, 6) is -6.16. The van der Waals surface area contributed by atoms with Crippen LogP contribution in [0.5, 0.6) is 0 Å². The molecule has 3 aliphatic heterocycles. The van der Waals surface area contributed by atoms with Crippen LogP contribution in [0, 0.1) is 35.5 Å². The van der Waals surface area contributed by atoms with Crippen LogP contribution < -0.4 is 0 Å². The van der Waals surface area contributed by atoms with Gasteiger partial charge in [-0.3, -0.25) is 19.2 Å². The van der Waals surface area contributed by atoms with Crippen molar-refractivity contribution in [2.75, 3.05) is 38.9 Å². The zero-order chi connectivity index (χ0) is 51.7. The molecule has 3 heterocycles. The fraction of sp³-hybridized carbons (Fsp3) is 0.764. The lowest BCUT2D eigenvalue weighted by Gasteiger charge is -2.43. The Hall–Kier alpha value is -3.02. The number of fused-ring (bicyclic) bond motifs is 3. The molecule has 4 rings (SSSR count). The molecule has 396 valence electrons. The zero-order valence-corrected chi connectivity index (χ0v) is 44.7. The molecule has 1 amide bonds. The monoisotopic (exact) mass is 1000 g/mol. The summed E-state index contributed by atoms with van der Waals surface area (Å²) in [7, 11) is 2.96. The lowest BCUT2D eigenvalue weighted by molar-refractivity contribution is -0.266. The van der Waals surface area contributed by atoms with E-state index < -0.39 is 83.9 Å². The molecule has 1 unspecified atom stereocenters. The van der Waals surface area contributed by atoms with Crippen molar-refractivity contribution >= 4 is 41.0 Å². The number of thioether (sulfide) groups is 1. The summed E-state index contributed by atoms with van der Waals surface area (Å²) in [6.07, 6.45) is 12.4. The fourth-order valence-corrected chi connectivity index (χ4v) is 11.2. The molecule has 15 heteroatoms. The van der Waals surface area contributed by atoms with Crippen LogP contribution in [0.15, 0.2) is 47.6 Å². The maximum Gasteiger partial charge on any atom is 0.329 e. The SMILES string of the molecule is CCCSCCOC1C[C@@H]2CC[C@@H](C)[C@@](O)(O2)C(=O)C(=O)N2CCCC[C@H]2C(=O)O[C@H]([C@H](C)C[C@@H]2CC[C@@H](O)[C@H](OC)C2)CC(=O)[C@H](C)/C=C(\C)[C@@H](O)[C@@H](OC)C(=O)[C@H](C)C[C@H](C)/C=C/C=C/C=C/1C. The number of rotatable bonds is 11. The van der Waals surface area contributed by atoms with Crippen LogP contribution >= 0.6 is 11.8 Å². The van der Waals surface area contributed by atoms with Crippen molar-refractivity contribution in [3.63, 3.8) is 0 Å². The number of aliphatic hydroxyl groups is 3. The highest BCUT2D eigenvalue weighted by Gasteiger charge is 2.53. The van der Waals surface area contributed by atoms with Crippen LogP contribution in [0.2, 0.25) is 0 Å². The highest BCUT2D eigenvalue weighted by atomic mass is 32.2. The van der Waals surface area contributed by atoms with Gasteiger partial charge in [-0.2, -0.15) is 11.8 Å². The summed E-state index contributed by atoms with van der Waals surface area (Å²) in [6.45, 7) is 15.5. The summed E-state index contributed by atoms with van der Waals surface area (Å²) in [5.41, 5.74) is 1.30. The molecule has 2 saturated heterocycles. The van der Waals surface area contributed by atoms with Crippen LogP contribution in [-0.4, -0.2) is 143 Å². The Morgan fingerprint density at radius 2 is 1.63 bits per heavy atom. The molecule has 0 radical (unpaired) electrons. The number of ketones is 3. The molecule has 0 spiro atoms. The molecule has 14 nitrogen and oxygen atoms in total. The maximum absolute atomic E-state index is 14.5. The van der Waals surface area contributed by atoms with Gasteiger partial charge in [0, 0.05) is 57.1 Å². The standard InChI is InChI=1S/C55H87NO13S/c1-11-26-70-27-25-67-46-32-42-22-20-40(8)55(64,69-42)52(61)53(62)56-24-16-15-19-43(56)54(63)68-47(37(5)30-41-21-23-44(57)48(31-41)65-9)33-45(58)36(4)29-39(7)50(60)51(66-10)49(59)38(6)28-34(2)17-13-12-14-18-35(46)3/h12-14,17-18,29,34,36-38,40-44,46-48,50-51,57,60,64H,11,15-16,19-28,30-33H2,1-10H3/b14-12+,17-13+,35-18+,39-29+/t34-,36-,37-,38-,40-,41+,42+,43+,44-,46?,47+,48-,50-,51+,55-/m1/s1. The van der Waals surface area contributed by atoms with Gasteiger partial charge in [-0.1, -0.05) is 78.0 Å². The van der Waals surface area contributed by atoms with Gasteiger partial charge in [-0.15, -0.1) is 0 Å². The summed E-state index contributed by atoms with van der Waals surface area (Å²) in [4.78, 5) is 72.4. The van der Waals surface area contributed by atoms with Crippen molar-refractivity contribution in [2.24, 2.45) is 35.5 Å². The number of hydrogen-bond acceptors (Lipinski definition) is 14. The van der Waals surface area contributed by atoms with Gasteiger partial charge in [0.2, 0.25) is 5.79 Å². The number of aliphatic hydroxyl groups excluding tert-OH is 2. The Morgan fingerprint density at radius 3 is 2.33 bits per heavy atom. The van der Waals surface area contributed by atoms with Gasteiger partial charge in [-0.05, 0) is 119 Å². The van der Waals surface area contributed by atoms with Gasteiger partial charge in [0.05, 0.1) is 31.0 Å². The second kappa shape index (κ2) is 29.0. The van der Waals surface area contributed by atoms with Crippen molar-refractivity contribution in [1.29, 1.82) is 0 Å². The molecule has 1 saturated carbocycles. The third-order valence-corrected chi connectivity index (χ3v) is 16.2. The number of piperidine rings is 1. The molecule has 1 aliphatic carbocycles. The van der Waals surface area contributed by atoms with E-state index in [1.54, 1.807) is 45.7 Å². The average Bonchev–Trinajstić information content (AvgIpc) is 3.33. The van der Waals surface area contributed by atoms with Crippen molar-refractivity contribution in [2.45, 2.75) is 193 Å². The number of carbonyl (C=O) groups is 5. The van der Waals surface area contributed by atoms with E-state index in [4.69, 9.17) is 23.7 Å². The van der Waals surface area contributed by atoms with Crippen molar-refractivity contribution < 1.29 is 63.0 Å². The molecule has 3 fully saturated rings. The number of hydrogen-bond donors (Lipinski definition) is 3. The number of allylic oxidation sites excluding steroid dienone is 6. The second-order valence-electron chi connectivity index (χ2n) is 20.8. The average molecular weight is 1000 g/mol. The van der Waals surface area contributed by atoms with Gasteiger partial charge in [0.15, 0.2) is 5.78 Å². The van der Waals surface area contributed by atoms with E-state index in [2.05, 4.69) is 6.92 Å². The van der Waals surface area contributed by atoms with Gasteiger partial charge in [0.1, 0.15) is 30.1 Å². The van der Waals surface area contributed by atoms with E-state index in [-0.39, 0.29) is 54.8 Å². The Labute approximate surface area is 422 Å². The Bertz CT molecular complexity index is 1850. The van der Waals surface area contributed by atoms with Gasteiger partial charge in [-0.25, -0.2) is 4.79 Å². The first-order valence-corrected chi connectivity index (χ1v) is 27.2. The number of ether oxygens (including phenoxy) is 5. The highest BCUT2D eigenvalue weighted by molar-refractivity contribution is 7.99. The van der Waals surface area contributed by atoms with E-state index in [0.29, 0.717) is 70.0 Å². The fourth-order valence-electron chi connectivity index (χ4n) is 10.5. The van der Waals surface area contributed by atoms with Crippen LogP contribution in [-0.2, 0) is 47.7 Å². The first-order chi connectivity index (χ1) is 33.2. The van der Waals surface area contributed by atoms with E-state index in [1.807, 2.05) is 58.1 Å². The Kier molecular flexibility index (Phi) is 24.7. The molecule has 3 N–H and O–H groups in total. The van der Waals surface area contributed by atoms with Crippen LogP contribution in [0.1, 0.15) is 139 Å². The summed E-state index contributed by atoms with van der Waals surface area (Å²) >= 11 is 1.80. The molecule has 0 aromatic rings. The van der Waals surface area contributed by atoms with E-state index in [1.165, 1.54) is 12.0 Å². The normalized spacial score (nSPS) is 38.4. The second-order valence-corrected chi connectivity index (χ2v) is 22.1. The molecular weight excluding hydrogens is 915 g/mol. The van der Waals surface area contributed by atoms with Crippen molar-refractivity contribution in [1.82, 2.24) is 4.90 Å². The quantitative estimate of drug-likeness (QED) is 0.0789. The Morgan fingerprint density at radius 1 is 0.886 bits per heavy atom.